The van der Waals surface area contributed by atoms with Gasteiger partial charge in [0.2, 0.25) is 0 Å². The lowest BCUT2D eigenvalue weighted by molar-refractivity contribution is -0.117. The Morgan fingerprint density at radius 2 is 1.55 bits per heavy atom. The van der Waals surface area contributed by atoms with Crippen molar-refractivity contribution in [3.8, 4) is 0 Å². The summed E-state index contributed by atoms with van der Waals surface area (Å²) < 4.78 is 38.1. The van der Waals surface area contributed by atoms with E-state index >= 15 is 0 Å². The molecule has 0 N–H and O–H groups in total. The first-order valence-electron chi connectivity index (χ1n) is 6.18. The third-order valence-electron chi connectivity index (χ3n) is 2.89. The highest BCUT2D eigenvalue weighted by Gasteiger charge is 2.10. The highest BCUT2D eigenvalue weighted by molar-refractivity contribution is 5.83. The Bertz CT molecular complexity index is 608. The second kappa shape index (κ2) is 6.37. The summed E-state index contributed by atoms with van der Waals surface area (Å²) in [6, 6.07) is 11.6. The van der Waals surface area contributed by atoms with E-state index in [2.05, 4.69) is 0 Å². The number of hydrogen-bond donors (Lipinski definition) is 0. The number of hydrogen-bond acceptors (Lipinski definition) is 1. The molecule has 0 saturated heterocycles. The van der Waals surface area contributed by atoms with E-state index in [9.17, 15) is 18.0 Å². The fourth-order valence-electron chi connectivity index (χ4n) is 2.00. The van der Waals surface area contributed by atoms with Crippen molar-refractivity contribution in [2.45, 2.75) is 19.3 Å². The second-order valence-corrected chi connectivity index (χ2v) is 4.57. The lowest BCUT2D eigenvalue weighted by Crippen LogP contribution is -2.07. The van der Waals surface area contributed by atoms with Gasteiger partial charge >= 0.3 is 0 Å². The zero-order valence-corrected chi connectivity index (χ0v) is 10.7. The first-order chi connectivity index (χ1) is 9.54. The monoisotopic (exact) mass is 278 g/mol. The molecule has 2 aromatic rings. The molecule has 0 aliphatic rings. The number of Topliss-reactive ketones (excluding diaryl/α,β-unsaturated/α-hetero) is 1. The Morgan fingerprint density at radius 1 is 0.950 bits per heavy atom. The van der Waals surface area contributed by atoms with Crippen LogP contribution < -0.4 is 0 Å². The second-order valence-electron chi connectivity index (χ2n) is 4.57. The Hall–Kier alpha value is -2.10. The largest absolute Gasteiger partial charge is 0.299 e. The van der Waals surface area contributed by atoms with E-state index in [0.29, 0.717) is 11.1 Å². The van der Waals surface area contributed by atoms with Crippen molar-refractivity contribution in [2.75, 3.05) is 0 Å². The molecule has 104 valence electrons. The van der Waals surface area contributed by atoms with Crippen molar-refractivity contribution in [3.63, 3.8) is 0 Å². The van der Waals surface area contributed by atoms with Crippen LogP contribution in [0.3, 0.4) is 0 Å². The predicted molar refractivity (Wildman–Crippen MR) is 70.2 cm³/mol. The summed E-state index contributed by atoms with van der Waals surface area (Å²) in [5.74, 6) is -0.531. The molecule has 0 fully saturated rings. The summed E-state index contributed by atoms with van der Waals surface area (Å²) in [6.45, 7) is 0. The Balaban J connectivity index is 2.03. The third kappa shape index (κ3) is 3.95. The van der Waals surface area contributed by atoms with E-state index in [0.717, 1.165) is 0 Å². The van der Waals surface area contributed by atoms with Crippen LogP contribution in [0.15, 0.2) is 48.5 Å². The molecule has 2 rings (SSSR count). The minimum Gasteiger partial charge on any atom is -0.299 e. The first kappa shape index (κ1) is 14.3. The summed E-state index contributed by atoms with van der Waals surface area (Å²) in [6.07, 6.45) is -2.39. The summed E-state index contributed by atoms with van der Waals surface area (Å²) in [4.78, 5) is 11.9. The van der Waals surface area contributed by atoms with Gasteiger partial charge in [0.05, 0.1) is 0 Å². The van der Waals surface area contributed by atoms with Crippen LogP contribution in [-0.2, 0) is 17.6 Å². The molecule has 0 aliphatic carbocycles. The minimum atomic E-state index is -2.55. The number of ketones is 1. The number of halogens is 3. The quantitative estimate of drug-likeness (QED) is 0.804. The number of carbonyl (C=O) groups excluding carboxylic acids is 1. The van der Waals surface area contributed by atoms with E-state index in [1.165, 1.54) is 36.4 Å². The molecule has 20 heavy (non-hydrogen) atoms. The van der Waals surface area contributed by atoms with Crippen LogP contribution in [0, 0.1) is 5.82 Å². The minimum absolute atomic E-state index is 0.0665. The van der Waals surface area contributed by atoms with Gasteiger partial charge in [-0.25, -0.2) is 13.2 Å². The van der Waals surface area contributed by atoms with E-state index in [1.54, 1.807) is 12.1 Å². The maximum Gasteiger partial charge on any atom is 0.263 e. The Kier molecular flexibility index (Phi) is 4.56. The topological polar surface area (TPSA) is 17.1 Å². The van der Waals surface area contributed by atoms with E-state index in [-0.39, 0.29) is 24.2 Å². The van der Waals surface area contributed by atoms with Gasteiger partial charge in [0, 0.05) is 18.4 Å². The molecule has 0 aliphatic heterocycles. The van der Waals surface area contributed by atoms with Gasteiger partial charge in [0.15, 0.2) is 0 Å². The van der Waals surface area contributed by atoms with Gasteiger partial charge in [0.25, 0.3) is 6.43 Å². The normalized spacial score (nSPS) is 10.8. The average Bonchev–Trinajstić information content (AvgIpc) is 2.38. The van der Waals surface area contributed by atoms with Crippen molar-refractivity contribution in [3.05, 3.63) is 71.0 Å². The fraction of sp³-hybridized carbons (Fsp3) is 0.188. The van der Waals surface area contributed by atoms with Gasteiger partial charge < -0.3 is 0 Å². The molecule has 4 heteroatoms. The molecule has 0 heterocycles. The molecule has 0 saturated carbocycles. The maximum atomic E-state index is 13.0. The van der Waals surface area contributed by atoms with Gasteiger partial charge in [-0.3, -0.25) is 4.79 Å². The number of carbonyl (C=O) groups is 1. The third-order valence-corrected chi connectivity index (χ3v) is 2.89. The molecule has 2 aromatic carbocycles. The fourth-order valence-corrected chi connectivity index (χ4v) is 2.00. The van der Waals surface area contributed by atoms with Crippen molar-refractivity contribution in [2.24, 2.45) is 0 Å². The van der Waals surface area contributed by atoms with Gasteiger partial charge in [-0.1, -0.05) is 30.3 Å². The van der Waals surface area contributed by atoms with Crippen LogP contribution in [0.2, 0.25) is 0 Å². The smallest absolute Gasteiger partial charge is 0.263 e. The van der Waals surface area contributed by atoms with Crippen LogP contribution in [0.1, 0.15) is 23.1 Å². The van der Waals surface area contributed by atoms with Crippen molar-refractivity contribution in [1.29, 1.82) is 0 Å². The van der Waals surface area contributed by atoms with Gasteiger partial charge in [0.1, 0.15) is 11.6 Å². The predicted octanol–water partition coefficient (Wildman–Crippen LogP) is 4.12. The Labute approximate surface area is 115 Å². The van der Waals surface area contributed by atoms with Gasteiger partial charge in [-0.15, -0.1) is 0 Å². The highest BCUT2D eigenvalue weighted by atomic mass is 19.3. The molecular formula is C16H13F3O. The summed E-state index contributed by atoms with van der Waals surface area (Å²) in [7, 11) is 0. The Morgan fingerprint density at radius 3 is 2.15 bits per heavy atom. The highest BCUT2D eigenvalue weighted by Crippen LogP contribution is 2.20. The number of benzene rings is 2. The van der Waals surface area contributed by atoms with Crippen LogP contribution in [0.4, 0.5) is 13.2 Å². The van der Waals surface area contributed by atoms with Crippen molar-refractivity contribution < 1.29 is 18.0 Å². The lowest BCUT2D eigenvalue weighted by Gasteiger charge is -2.05. The van der Waals surface area contributed by atoms with Gasteiger partial charge in [-0.05, 0) is 29.3 Å². The summed E-state index contributed by atoms with van der Waals surface area (Å²) in [5.41, 5.74) is 1.03. The maximum absolute atomic E-state index is 13.0. The van der Waals surface area contributed by atoms with Crippen LogP contribution in [0.25, 0.3) is 0 Å². The van der Waals surface area contributed by atoms with Crippen LogP contribution in [0.5, 0.6) is 0 Å². The zero-order chi connectivity index (χ0) is 14.5. The molecule has 0 atom stereocenters. The molecule has 0 unspecified atom stereocenters. The number of rotatable bonds is 5. The van der Waals surface area contributed by atoms with Crippen molar-refractivity contribution >= 4 is 5.78 Å². The SMILES string of the molecule is O=C(Cc1cccc(F)c1)Cc1cccc(C(F)F)c1. The van der Waals surface area contributed by atoms with E-state index in [1.807, 2.05) is 0 Å². The average molecular weight is 278 g/mol. The summed E-state index contributed by atoms with van der Waals surface area (Å²) in [5, 5.41) is 0. The van der Waals surface area contributed by atoms with Crippen LogP contribution in [-0.4, -0.2) is 5.78 Å². The molecule has 0 spiro atoms. The van der Waals surface area contributed by atoms with Crippen LogP contribution >= 0.6 is 0 Å². The van der Waals surface area contributed by atoms with Crippen molar-refractivity contribution in [1.82, 2.24) is 0 Å². The summed E-state index contributed by atoms with van der Waals surface area (Å²) >= 11 is 0. The molecular weight excluding hydrogens is 265 g/mol. The standard InChI is InChI=1S/C16H13F3O/c17-14-6-2-4-12(8-14)10-15(20)9-11-3-1-5-13(7-11)16(18)19/h1-8,16H,9-10H2. The number of alkyl halides is 2. The first-order valence-corrected chi connectivity index (χ1v) is 6.18. The van der Waals surface area contributed by atoms with E-state index in [4.69, 9.17) is 0 Å². The zero-order valence-electron chi connectivity index (χ0n) is 10.7. The van der Waals surface area contributed by atoms with E-state index < -0.39 is 12.2 Å². The molecule has 0 bridgehead atoms. The molecule has 1 nitrogen and oxygen atoms in total. The lowest BCUT2D eigenvalue weighted by atomic mass is 10.0. The molecule has 0 amide bonds. The molecule has 0 radical (unpaired) electrons. The van der Waals surface area contributed by atoms with Gasteiger partial charge in [-0.2, -0.15) is 0 Å². The molecule has 0 aromatic heterocycles.